The molecule has 2 atom stereocenters. The first-order chi connectivity index (χ1) is 6.18. The molecule has 0 saturated carbocycles. The molecular formula is C11H20O2. The third-order valence-electron chi connectivity index (χ3n) is 2.43. The normalized spacial score (nSPS) is 24.6. The Hall–Kier alpha value is -0.340. The van der Waals surface area contributed by atoms with E-state index in [0.29, 0.717) is 6.10 Å². The molecule has 13 heavy (non-hydrogen) atoms. The molecule has 2 nitrogen and oxygen atoms in total. The third-order valence-corrected chi connectivity index (χ3v) is 2.43. The van der Waals surface area contributed by atoms with Crippen molar-refractivity contribution in [2.45, 2.75) is 51.2 Å². The second kappa shape index (κ2) is 5.40. The summed E-state index contributed by atoms with van der Waals surface area (Å²) in [5.41, 5.74) is 1.06. The van der Waals surface area contributed by atoms with E-state index in [9.17, 15) is 5.11 Å². The SMILES string of the molecule is C=C(C)CC(O)CCC1CCCO1. The van der Waals surface area contributed by atoms with E-state index in [2.05, 4.69) is 6.58 Å². The van der Waals surface area contributed by atoms with Crippen LogP contribution in [0.25, 0.3) is 0 Å². The molecule has 0 aromatic heterocycles. The van der Waals surface area contributed by atoms with Gasteiger partial charge in [0.25, 0.3) is 0 Å². The Morgan fingerprint density at radius 1 is 1.69 bits per heavy atom. The maximum atomic E-state index is 9.56. The molecule has 0 amide bonds. The highest BCUT2D eigenvalue weighted by Gasteiger charge is 2.16. The van der Waals surface area contributed by atoms with Gasteiger partial charge in [-0.1, -0.05) is 5.57 Å². The maximum Gasteiger partial charge on any atom is 0.0578 e. The van der Waals surface area contributed by atoms with Crippen molar-refractivity contribution >= 4 is 0 Å². The standard InChI is InChI=1S/C11H20O2/c1-9(2)8-10(12)5-6-11-4-3-7-13-11/h10-12H,1,3-8H2,2H3. The molecule has 76 valence electrons. The molecule has 0 spiro atoms. The van der Waals surface area contributed by atoms with Crippen LogP contribution in [0.4, 0.5) is 0 Å². The van der Waals surface area contributed by atoms with Crippen LogP contribution in [-0.4, -0.2) is 23.9 Å². The van der Waals surface area contributed by atoms with Crippen molar-refractivity contribution in [2.24, 2.45) is 0 Å². The Labute approximate surface area is 80.6 Å². The summed E-state index contributed by atoms with van der Waals surface area (Å²) in [4.78, 5) is 0. The largest absolute Gasteiger partial charge is 0.393 e. The molecule has 2 unspecified atom stereocenters. The summed E-state index contributed by atoms with van der Waals surface area (Å²) >= 11 is 0. The summed E-state index contributed by atoms with van der Waals surface area (Å²) in [7, 11) is 0. The lowest BCUT2D eigenvalue weighted by Crippen LogP contribution is -2.12. The van der Waals surface area contributed by atoms with Crippen molar-refractivity contribution in [3.8, 4) is 0 Å². The van der Waals surface area contributed by atoms with Crippen molar-refractivity contribution in [1.82, 2.24) is 0 Å². The second-order valence-electron chi connectivity index (χ2n) is 4.03. The van der Waals surface area contributed by atoms with Gasteiger partial charge >= 0.3 is 0 Å². The fourth-order valence-corrected chi connectivity index (χ4v) is 1.75. The van der Waals surface area contributed by atoms with Crippen LogP contribution in [0.1, 0.15) is 39.0 Å². The van der Waals surface area contributed by atoms with E-state index in [4.69, 9.17) is 4.74 Å². The van der Waals surface area contributed by atoms with Gasteiger partial charge in [-0.15, -0.1) is 6.58 Å². The number of rotatable bonds is 5. The van der Waals surface area contributed by atoms with E-state index in [0.717, 1.165) is 31.4 Å². The molecule has 1 heterocycles. The average Bonchev–Trinajstić information content (AvgIpc) is 2.51. The van der Waals surface area contributed by atoms with Crippen LogP contribution in [0.3, 0.4) is 0 Å². The smallest absolute Gasteiger partial charge is 0.0578 e. The Kier molecular flexibility index (Phi) is 4.46. The van der Waals surface area contributed by atoms with Crippen LogP contribution in [0.15, 0.2) is 12.2 Å². The van der Waals surface area contributed by atoms with Gasteiger partial charge < -0.3 is 9.84 Å². The van der Waals surface area contributed by atoms with Crippen LogP contribution < -0.4 is 0 Å². The molecule has 1 fully saturated rings. The molecule has 1 aliphatic heterocycles. The van der Waals surface area contributed by atoms with Crippen LogP contribution >= 0.6 is 0 Å². The summed E-state index contributed by atoms with van der Waals surface area (Å²) < 4.78 is 5.47. The Morgan fingerprint density at radius 2 is 2.46 bits per heavy atom. The van der Waals surface area contributed by atoms with E-state index in [-0.39, 0.29) is 6.10 Å². The van der Waals surface area contributed by atoms with Crippen LogP contribution in [0.2, 0.25) is 0 Å². The van der Waals surface area contributed by atoms with Gasteiger partial charge in [0.2, 0.25) is 0 Å². The number of aliphatic hydroxyl groups excluding tert-OH is 1. The van der Waals surface area contributed by atoms with E-state index in [1.807, 2.05) is 6.92 Å². The molecule has 0 aliphatic carbocycles. The second-order valence-corrected chi connectivity index (χ2v) is 4.03. The quantitative estimate of drug-likeness (QED) is 0.664. The molecule has 0 bridgehead atoms. The lowest BCUT2D eigenvalue weighted by atomic mass is 10.0. The molecule has 2 heteroatoms. The van der Waals surface area contributed by atoms with Gasteiger partial charge in [0.15, 0.2) is 0 Å². The summed E-state index contributed by atoms with van der Waals surface area (Å²) in [5, 5.41) is 9.56. The van der Waals surface area contributed by atoms with Gasteiger partial charge in [0, 0.05) is 6.61 Å². The highest BCUT2D eigenvalue weighted by atomic mass is 16.5. The predicted molar refractivity (Wildman–Crippen MR) is 53.6 cm³/mol. The van der Waals surface area contributed by atoms with Gasteiger partial charge in [-0.05, 0) is 39.0 Å². The summed E-state index contributed by atoms with van der Waals surface area (Å²) in [5.74, 6) is 0. The highest BCUT2D eigenvalue weighted by molar-refractivity contribution is 4.90. The van der Waals surface area contributed by atoms with Crippen molar-refractivity contribution in [3.63, 3.8) is 0 Å². The van der Waals surface area contributed by atoms with Crippen molar-refractivity contribution < 1.29 is 9.84 Å². The zero-order valence-corrected chi connectivity index (χ0v) is 8.46. The van der Waals surface area contributed by atoms with Crippen LogP contribution in [0.5, 0.6) is 0 Å². The Bertz CT molecular complexity index is 159. The first-order valence-corrected chi connectivity index (χ1v) is 5.12. The monoisotopic (exact) mass is 184 g/mol. The number of hydrogen-bond donors (Lipinski definition) is 1. The minimum absolute atomic E-state index is 0.221. The summed E-state index contributed by atoms with van der Waals surface area (Å²) in [6, 6.07) is 0. The molecule has 0 aromatic carbocycles. The van der Waals surface area contributed by atoms with Gasteiger partial charge in [-0.25, -0.2) is 0 Å². The maximum absolute atomic E-state index is 9.56. The van der Waals surface area contributed by atoms with E-state index >= 15 is 0 Å². The highest BCUT2D eigenvalue weighted by Crippen LogP contribution is 2.19. The zero-order chi connectivity index (χ0) is 9.68. The van der Waals surface area contributed by atoms with E-state index < -0.39 is 0 Å². The van der Waals surface area contributed by atoms with Crippen molar-refractivity contribution in [2.75, 3.05) is 6.61 Å². The third kappa shape index (κ3) is 4.44. The Morgan fingerprint density at radius 3 is 3.00 bits per heavy atom. The van der Waals surface area contributed by atoms with Crippen molar-refractivity contribution in [3.05, 3.63) is 12.2 Å². The molecular weight excluding hydrogens is 164 g/mol. The predicted octanol–water partition coefficient (Wildman–Crippen LogP) is 2.27. The van der Waals surface area contributed by atoms with Gasteiger partial charge in [-0.2, -0.15) is 0 Å². The molecule has 0 radical (unpaired) electrons. The lowest BCUT2D eigenvalue weighted by molar-refractivity contribution is 0.0813. The van der Waals surface area contributed by atoms with Crippen LogP contribution in [0, 0.1) is 0 Å². The first-order valence-electron chi connectivity index (χ1n) is 5.12. The number of ether oxygens (including phenoxy) is 1. The number of aliphatic hydroxyl groups is 1. The van der Waals surface area contributed by atoms with E-state index in [1.54, 1.807) is 0 Å². The minimum Gasteiger partial charge on any atom is -0.393 e. The topological polar surface area (TPSA) is 29.5 Å². The molecule has 1 N–H and O–H groups in total. The molecule has 1 rings (SSSR count). The summed E-state index contributed by atoms with van der Waals surface area (Å²) in [6.45, 7) is 6.64. The fraction of sp³-hybridized carbons (Fsp3) is 0.818. The molecule has 0 aromatic rings. The average molecular weight is 184 g/mol. The minimum atomic E-state index is -0.221. The number of hydrogen-bond acceptors (Lipinski definition) is 2. The van der Waals surface area contributed by atoms with Gasteiger partial charge in [-0.3, -0.25) is 0 Å². The molecule has 1 aliphatic rings. The van der Waals surface area contributed by atoms with Gasteiger partial charge in [0.05, 0.1) is 12.2 Å². The van der Waals surface area contributed by atoms with Crippen molar-refractivity contribution in [1.29, 1.82) is 0 Å². The first kappa shape index (κ1) is 10.7. The summed E-state index contributed by atoms with van der Waals surface area (Å²) in [6.07, 6.45) is 5.10. The van der Waals surface area contributed by atoms with Gasteiger partial charge in [0.1, 0.15) is 0 Å². The lowest BCUT2D eigenvalue weighted by Gasteiger charge is -2.13. The van der Waals surface area contributed by atoms with E-state index in [1.165, 1.54) is 12.8 Å². The molecule has 1 saturated heterocycles. The zero-order valence-electron chi connectivity index (χ0n) is 8.46. The van der Waals surface area contributed by atoms with Crippen LogP contribution in [-0.2, 0) is 4.74 Å². The fourth-order valence-electron chi connectivity index (χ4n) is 1.75. The Balaban J connectivity index is 2.06.